The molecule has 2 aromatic heterocycles. The second kappa shape index (κ2) is 5.81. The minimum Gasteiger partial charge on any atom is -0.337 e. The van der Waals surface area contributed by atoms with E-state index in [0.717, 1.165) is 0 Å². The zero-order valence-corrected chi connectivity index (χ0v) is 12.2. The average molecular weight is 297 g/mol. The fourth-order valence-corrected chi connectivity index (χ4v) is 2.39. The van der Waals surface area contributed by atoms with E-state index in [2.05, 4.69) is 15.1 Å². The number of aromatic nitrogens is 4. The third-order valence-corrected chi connectivity index (χ3v) is 3.56. The van der Waals surface area contributed by atoms with Gasteiger partial charge in [-0.3, -0.25) is 9.48 Å². The molecule has 0 bridgehead atoms. The highest BCUT2D eigenvalue weighted by atomic mass is 16.2. The summed E-state index contributed by atoms with van der Waals surface area (Å²) in [7, 11) is 1.79. The highest BCUT2D eigenvalue weighted by molar-refractivity contribution is 5.93. The summed E-state index contributed by atoms with van der Waals surface area (Å²) in [5.74, 6) is 0.520. The predicted molar refractivity (Wildman–Crippen MR) is 78.1 cm³/mol. The quantitative estimate of drug-likeness (QED) is 0.777. The molecule has 8 heteroatoms. The molecule has 3 heterocycles. The van der Waals surface area contributed by atoms with Gasteiger partial charge in [-0.25, -0.2) is 9.97 Å². The summed E-state index contributed by atoms with van der Waals surface area (Å²) in [5.41, 5.74) is 0.942. The second-order valence-electron chi connectivity index (χ2n) is 5.04. The number of carbonyl (C=O) groups excluding carboxylic acids is 1. The van der Waals surface area contributed by atoms with Gasteiger partial charge in [0.05, 0.1) is 11.8 Å². The van der Waals surface area contributed by atoms with E-state index in [1.54, 1.807) is 41.3 Å². The van der Waals surface area contributed by atoms with Crippen molar-refractivity contribution in [3.8, 4) is 6.07 Å². The van der Waals surface area contributed by atoms with E-state index in [1.807, 2.05) is 11.0 Å². The molecule has 8 nitrogen and oxygen atoms in total. The molecule has 0 radical (unpaired) electrons. The van der Waals surface area contributed by atoms with Crippen LogP contribution in [0.3, 0.4) is 0 Å². The van der Waals surface area contributed by atoms with E-state index in [4.69, 9.17) is 5.26 Å². The lowest BCUT2D eigenvalue weighted by Gasteiger charge is -2.34. The summed E-state index contributed by atoms with van der Waals surface area (Å²) in [5, 5.41) is 12.9. The maximum atomic E-state index is 12.3. The molecule has 0 N–H and O–H groups in total. The average Bonchev–Trinajstić information content (AvgIpc) is 3.01. The molecule has 0 spiro atoms. The Labute approximate surface area is 127 Å². The highest BCUT2D eigenvalue weighted by Crippen LogP contribution is 2.13. The molecule has 0 aromatic carbocycles. The Hall–Kier alpha value is -2.95. The van der Waals surface area contributed by atoms with Gasteiger partial charge in [-0.1, -0.05) is 0 Å². The van der Waals surface area contributed by atoms with Crippen LogP contribution in [0, 0.1) is 11.3 Å². The Balaban J connectivity index is 1.65. The van der Waals surface area contributed by atoms with Gasteiger partial charge in [0.2, 0.25) is 5.95 Å². The van der Waals surface area contributed by atoms with Crippen molar-refractivity contribution in [3.63, 3.8) is 0 Å². The molecule has 112 valence electrons. The van der Waals surface area contributed by atoms with Gasteiger partial charge >= 0.3 is 0 Å². The van der Waals surface area contributed by atoms with E-state index >= 15 is 0 Å². The molecule has 2 aromatic rings. The Morgan fingerprint density at radius 1 is 1.32 bits per heavy atom. The van der Waals surface area contributed by atoms with Crippen LogP contribution in [0.15, 0.2) is 24.7 Å². The van der Waals surface area contributed by atoms with Crippen molar-refractivity contribution in [2.45, 2.75) is 0 Å². The van der Waals surface area contributed by atoms with Gasteiger partial charge in [-0.15, -0.1) is 0 Å². The lowest BCUT2D eigenvalue weighted by molar-refractivity contribution is 0.0746. The first-order chi connectivity index (χ1) is 10.7. The van der Waals surface area contributed by atoms with Crippen molar-refractivity contribution < 1.29 is 4.79 Å². The molecular formula is C14H15N7O. The van der Waals surface area contributed by atoms with E-state index in [1.165, 1.54) is 0 Å². The van der Waals surface area contributed by atoms with Crippen LogP contribution in [-0.2, 0) is 7.05 Å². The van der Waals surface area contributed by atoms with Gasteiger partial charge in [-0.05, 0) is 6.07 Å². The predicted octanol–water partition coefficient (Wildman–Crippen LogP) is 0.0442. The lowest BCUT2D eigenvalue weighted by atomic mass is 10.2. The molecule has 3 rings (SSSR count). The summed E-state index contributed by atoms with van der Waals surface area (Å²) in [6.07, 6.45) is 4.87. The van der Waals surface area contributed by atoms with Crippen molar-refractivity contribution >= 4 is 11.9 Å². The first kappa shape index (κ1) is 14.0. The number of piperazine rings is 1. The van der Waals surface area contributed by atoms with Crippen LogP contribution in [-0.4, -0.2) is 56.7 Å². The Kier molecular flexibility index (Phi) is 3.70. The lowest BCUT2D eigenvalue weighted by Crippen LogP contribution is -2.49. The number of nitriles is 1. The maximum absolute atomic E-state index is 12.3. The maximum Gasteiger partial charge on any atom is 0.257 e. The monoisotopic (exact) mass is 297 g/mol. The van der Waals surface area contributed by atoms with Crippen molar-refractivity contribution in [1.82, 2.24) is 24.6 Å². The van der Waals surface area contributed by atoms with Gasteiger partial charge in [0.1, 0.15) is 11.8 Å². The fraction of sp³-hybridized carbons (Fsp3) is 0.357. The molecule has 1 aliphatic heterocycles. The van der Waals surface area contributed by atoms with Gasteiger partial charge in [0, 0.05) is 45.6 Å². The SMILES string of the molecule is Cn1cc(C(=O)N2CCN(c3nccc(C#N)n3)CC2)cn1. The van der Waals surface area contributed by atoms with Crippen molar-refractivity contribution in [3.05, 3.63) is 35.9 Å². The zero-order valence-electron chi connectivity index (χ0n) is 12.2. The zero-order chi connectivity index (χ0) is 15.5. The largest absolute Gasteiger partial charge is 0.337 e. The first-order valence-corrected chi connectivity index (χ1v) is 6.93. The minimum atomic E-state index is -0.0144. The van der Waals surface area contributed by atoms with Gasteiger partial charge in [-0.2, -0.15) is 10.4 Å². The molecule has 0 unspecified atom stereocenters. The van der Waals surface area contributed by atoms with E-state index in [0.29, 0.717) is 43.4 Å². The van der Waals surface area contributed by atoms with E-state index in [9.17, 15) is 4.79 Å². The van der Waals surface area contributed by atoms with E-state index in [-0.39, 0.29) is 5.91 Å². The second-order valence-corrected chi connectivity index (χ2v) is 5.04. The molecule has 1 amide bonds. The normalized spacial score (nSPS) is 14.7. The number of carbonyl (C=O) groups is 1. The van der Waals surface area contributed by atoms with Crippen LogP contribution in [0.4, 0.5) is 5.95 Å². The molecule has 0 saturated carbocycles. The molecule has 1 aliphatic rings. The highest BCUT2D eigenvalue weighted by Gasteiger charge is 2.24. The number of hydrogen-bond donors (Lipinski definition) is 0. The smallest absolute Gasteiger partial charge is 0.257 e. The van der Waals surface area contributed by atoms with Gasteiger partial charge in [0.25, 0.3) is 5.91 Å². The Morgan fingerprint density at radius 3 is 2.73 bits per heavy atom. The summed E-state index contributed by atoms with van der Waals surface area (Å²) in [6.45, 7) is 2.46. The molecule has 0 atom stereocenters. The molecule has 1 fully saturated rings. The van der Waals surface area contributed by atoms with Crippen LogP contribution in [0.2, 0.25) is 0 Å². The van der Waals surface area contributed by atoms with Crippen molar-refractivity contribution in [2.75, 3.05) is 31.1 Å². The van der Waals surface area contributed by atoms with Crippen molar-refractivity contribution in [1.29, 1.82) is 5.26 Å². The summed E-state index contributed by atoms with van der Waals surface area (Å²) in [6, 6.07) is 3.58. The number of rotatable bonds is 2. The van der Waals surface area contributed by atoms with Crippen LogP contribution < -0.4 is 4.90 Å². The number of hydrogen-bond acceptors (Lipinski definition) is 6. The molecule has 0 aliphatic carbocycles. The standard InChI is InChI=1S/C14H15N7O/c1-19-10-11(9-17-19)13(22)20-4-6-21(7-5-20)14-16-3-2-12(8-15)18-14/h2-3,9-10H,4-7H2,1H3. The third-order valence-electron chi connectivity index (χ3n) is 3.56. The van der Waals surface area contributed by atoms with Crippen LogP contribution in [0.1, 0.15) is 16.1 Å². The van der Waals surface area contributed by atoms with Gasteiger partial charge < -0.3 is 9.80 Å². The number of amides is 1. The number of nitrogens with zero attached hydrogens (tertiary/aromatic N) is 7. The summed E-state index contributed by atoms with van der Waals surface area (Å²) in [4.78, 5) is 24.5. The van der Waals surface area contributed by atoms with Crippen LogP contribution in [0.25, 0.3) is 0 Å². The van der Waals surface area contributed by atoms with Crippen molar-refractivity contribution in [2.24, 2.45) is 7.05 Å². The topological polar surface area (TPSA) is 90.9 Å². The molecule has 22 heavy (non-hydrogen) atoms. The summed E-state index contributed by atoms with van der Waals surface area (Å²) < 4.78 is 1.62. The van der Waals surface area contributed by atoms with Crippen LogP contribution >= 0.6 is 0 Å². The third kappa shape index (κ3) is 2.74. The Morgan fingerprint density at radius 2 is 2.09 bits per heavy atom. The minimum absolute atomic E-state index is 0.0144. The number of anilines is 1. The number of aryl methyl sites for hydroxylation is 1. The van der Waals surface area contributed by atoms with Crippen LogP contribution in [0.5, 0.6) is 0 Å². The summed E-state index contributed by atoms with van der Waals surface area (Å²) >= 11 is 0. The van der Waals surface area contributed by atoms with E-state index < -0.39 is 0 Å². The van der Waals surface area contributed by atoms with Gasteiger partial charge in [0.15, 0.2) is 0 Å². The molecule has 1 saturated heterocycles. The first-order valence-electron chi connectivity index (χ1n) is 6.93. The molecular weight excluding hydrogens is 282 g/mol. The Bertz CT molecular complexity index is 725. The fourth-order valence-electron chi connectivity index (χ4n) is 2.39.